The van der Waals surface area contributed by atoms with Crippen LogP contribution in [0, 0.1) is 10.8 Å². The minimum absolute atomic E-state index is 0.0691. The first-order chi connectivity index (χ1) is 7.87. The number of carbonyl (C=O) groups excluding carboxylic acids is 1. The van der Waals surface area contributed by atoms with Crippen LogP contribution in [-0.4, -0.2) is 46.2 Å². The monoisotopic (exact) mass is 256 g/mol. The Kier molecular flexibility index (Phi) is 3.18. The third kappa shape index (κ3) is 1.68. The largest absolute Gasteiger partial charge is 0.465 e. The first kappa shape index (κ1) is 14.8. The van der Waals surface area contributed by atoms with E-state index in [2.05, 4.69) is 0 Å². The fourth-order valence-corrected chi connectivity index (χ4v) is 3.86. The first-order valence-corrected chi connectivity index (χ1v) is 6.14. The number of rotatable bonds is 0. The van der Waals surface area contributed by atoms with Crippen molar-refractivity contribution in [3.05, 3.63) is 0 Å². The van der Waals surface area contributed by atoms with Gasteiger partial charge in [-0.2, -0.15) is 0 Å². The highest BCUT2D eigenvalue weighted by molar-refractivity contribution is 5.87. The summed E-state index contributed by atoms with van der Waals surface area (Å²) in [6, 6.07) is 0. The highest BCUT2D eigenvalue weighted by atomic mass is 16.4. The highest BCUT2D eigenvalue weighted by Gasteiger charge is 2.64. The highest BCUT2D eigenvalue weighted by Crippen LogP contribution is 2.52. The predicted octanol–water partition coefficient (Wildman–Crippen LogP) is 2.23. The molecule has 0 bridgehead atoms. The fourth-order valence-electron chi connectivity index (χ4n) is 3.86. The second-order valence-electron chi connectivity index (χ2n) is 6.99. The lowest BCUT2D eigenvalue weighted by Gasteiger charge is -2.57. The quantitative estimate of drug-likeness (QED) is 0.723. The van der Waals surface area contributed by atoms with Crippen LogP contribution in [-0.2, 0) is 4.79 Å². The molecule has 1 rings (SSSR count). The molecule has 2 amide bonds. The number of nitrogens with zero attached hydrogens (tertiary/aromatic N) is 2. The Bertz CT molecular complexity index is 363. The molecule has 1 aliphatic rings. The van der Waals surface area contributed by atoms with E-state index in [1.165, 1.54) is 4.90 Å². The second kappa shape index (κ2) is 3.87. The van der Waals surface area contributed by atoms with E-state index in [0.717, 1.165) is 0 Å². The average Bonchev–Trinajstić information content (AvgIpc) is 2.38. The van der Waals surface area contributed by atoms with Gasteiger partial charge in [0, 0.05) is 17.9 Å². The molecule has 5 nitrogen and oxygen atoms in total. The minimum atomic E-state index is -1.04. The molecular formula is C13H24N2O3. The number of hydrogen-bond donors (Lipinski definition) is 1. The van der Waals surface area contributed by atoms with Crippen molar-refractivity contribution in [1.29, 1.82) is 0 Å². The molecule has 5 heteroatoms. The summed E-state index contributed by atoms with van der Waals surface area (Å²) in [6.07, 6.45) is -1.04. The summed E-state index contributed by atoms with van der Waals surface area (Å²) < 4.78 is 0. The summed E-state index contributed by atoms with van der Waals surface area (Å²) in [5, 5.41) is 9.46. The third-order valence-corrected chi connectivity index (χ3v) is 3.87. The lowest BCUT2D eigenvalue weighted by atomic mass is 9.64. The van der Waals surface area contributed by atoms with Crippen LogP contribution >= 0.6 is 0 Å². The van der Waals surface area contributed by atoms with Crippen LogP contribution in [0.1, 0.15) is 41.5 Å². The molecule has 1 aliphatic heterocycles. The van der Waals surface area contributed by atoms with Crippen molar-refractivity contribution in [1.82, 2.24) is 9.80 Å². The number of hydrogen-bond acceptors (Lipinski definition) is 2. The van der Waals surface area contributed by atoms with Gasteiger partial charge < -0.3 is 10.0 Å². The van der Waals surface area contributed by atoms with E-state index in [0.29, 0.717) is 0 Å². The fraction of sp³-hybridized carbons (Fsp3) is 0.846. The molecule has 0 aromatic heterocycles. The van der Waals surface area contributed by atoms with Gasteiger partial charge in [-0.25, -0.2) is 4.79 Å². The zero-order valence-corrected chi connectivity index (χ0v) is 12.4. The van der Waals surface area contributed by atoms with Gasteiger partial charge in [0.2, 0.25) is 5.91 Å². The van der Waals surface area contributed by atoms with E-state index in [1.54, 1.807) is 11.9 Å². The van der Waals surface area contributed by atoms with Crippen LogP contribution in [0.25, 0.3) is 0 Å². The van der Waals surface area contributed by atoms with Crippen LogP contribution in [0.3, 0.4) is 0 Å². The molecular weight excluding hydrogens is 232 g/mol. The molecule has 0 radical (unpaired) electrons. The van der Waals surface area contributed by atoms with Gasteiger partial charge in [-0.3, -0.25) is 9.69 Å². The van der Waals surface area contributed by atoms with Gasteiger partial charge >= 0.3 is 6.09 Å². The molecule has 104 valence electrons. The molecule has 1 fully saturated rings. The molecule has 0 aromatic rings. The lowest BCUT2D eigenvalue weighted by Crippen LogP contribution is -2.69. The number of amides is 2. The van der Waals surface area contributed by atoms with Crippen molar-refractivity contribution >= 4 is 12.0 Å². The first-order valence-electron chi connectivity index (χ1n) is 6.14. The van der Waals surface area contributed by atoms with Crippen molar-refractivity contribution in [2.75, 3.05) is 13.6 Å². The van der Waals surface area contributed by atoms with Gasteiger partial charge in [-0.05, 0) is 0 Å². The van der Waals surface area contributed by atoms with Crippen molar-refractivity contribution < 1.29 is 14.7 Å². The molecule has 0 saturated carbocycles. The van der Waals surface area contributed by atoms with Gasteiger partial charge in [0.05, 0.1) is 0 Å². The van der Waals surface area contributed by atoms with Gasteiger partial charge in [0.1, 0.15) is 12.2 Å². The minimum Gasteiger partial charge on any atom is -0.465 e. The smallest absolute Gasteiger partial charge is 0.409 e. The van der Waals surface area contributed by atoms with E-state index in [4.69, 9.17) is 0 Å². The SMILES string of the molecule is CN1C(=O)CN(C(=O)O)C1(C(C)(C)C)C(C)(C)C. The van der Waals surface area contributed by atoms with E-state index in [9.17, 15) is 14.7 Å². The lowest BCUT2D eigenvalue weighted by molar-refractivity contribution is -0.151. The topological polar surface area (TPSA) is 60.9 Å². The Balaban J connectivity index is 3.58. The second-order valence-corrected chi connectivity index (χ2v) is 6.99. The van der Waals surface area contributed by atoms with Crippen molar-refractivity contribution in [2.45, 2.75) is 47.2 Å². The summed E-state index contributed by atoms with van der Waals surface area (Å²) in [5.74, 6) is -0.151. The van der Waals surface area contributed by atoms with E-state index in [-0.39, 0.29) is 23.3 Å². The van der Waals surface area contributed by atoms with E-state index < -0.39 is 11.8 Å². The molecule has 0 spiro atoms. The maximum absolute atomic E-state index is 12.0. The molecule has 18 heavy (non-hydrogen) atoms. The normalized spacial score (nSPS) is 20.5. The van der Waals surface area contributed by atoms with E-state index in [1.807, 2.05) is 41.5 Å². The number of carboxylic acid groups (broad SMARTS) is 1. The Labute approximate surface area is 109 Å². The average molecular weight is 256 g/mol. The molecule has 1 heterocycles. The molecule has 0 aliphatic carbocycles. The molecule has 0 unspecified atom stereocenters. The van der Waals surface area contributed by atoms with Gasteiger partial charge in [-0.1, -0.05) is 41.5 Å². The maximum Gasteiger partial charge on any atom is 0.409 e. The Morgan fingerprint density at radius 1 is 1.17 bits per heavy atom. The van der Waals surface area contributed by atoms with Crippen LogP contribution in [0.2, 0.25) is 0 Å². The summed E-state index contributed by atoms with van der Waals surface area (Å²) >= 11 is 0. The van der Waals surface area contributed by atoms with Gasteiger partial charge in [-0.15, -0.1) is 0 Å². The van der Waals surface area contributed by atoms with E-state index >= 15 is 0 Å². The van der Waals surface area contributed by atoms with Crippen LogP contribution in [0.4, 0.5) is 4.79 Å². The van der Waals surface area contributed by atoms with Gasteiger partial charge in [0.25, 0.3) is 0 Å². The Morgan fingerprint density at radius 3 is 1.78 bits per heavy atom. The van der Waals surface area contributed by atoms with Crippen LogP contribution < -0.4 is 0 Å². The van der Waals surface area contributed by atoms with Crippen LogP contribution in [0.5, 0.6) is 0 Å². The Morgan fingerprint density at radius 2 is 1.56 bits per heavy atom. The number of carbonyl (C=O) groups is 2. The summed E-state index contributed by atoms with van der Waals surface area (Å²) in [7, 11) is 1.70. The predicted molar refractivity (Wildman–Crippen MR) is 69.1 cm³/mol. The van der Waals surface area contributed by atoms with Crippen molar-refractivity contribution in [3.63, 3.8) is 0 Å². The molecule has 1 saturated heterocycles. The molecule has 0 atom stereocenters. The zero-order chi connectivity index (χ0) is 14.5. The van der Waals surface area contributed by atoms with Gasteiger partial charge in [0.15, 0.2) is 0 Å². The van der Waals surface area contributed by atoms with Crippen LogP contribution in [0.15, 0.2) is 0 Å². The molecule has 1 N–H and O–H groups in total. The Hall–Kier alpha value is -1.26. The number of likely N-dealkylation sites (N-methyl/N-ethyl adjacent to an activating group) is 1. The van der Waals surface area contributed by atoms with Crippen molar-refractivity contribution in [2.24, 2.45) is 10.8 Å². The third-order valence-electron chi connectivity index (χ3n) is 3.87. The standard InChI is InChI=1S/C13H24N2O3/c1-11(2,3)13(12(4,5)6)14(7)9(16)8-15(13)10(17)18/h8H2,1-7H3,(H,17,18). The zero-order valence-electron chi connectivity index (χ0n) is 12.4. The summed E-state index contributed by atoms with van der Waals surface area (Å²) in [6.45, 7) is 11.8. The maximum atomic E-state index is 12.0. The summed E-state index contributed by atoms with van der Waals surface area (Å²) in [4.78, 5) is 26.5. The summed E-state index contributed by atoms with van der Waals surface area (Å²) in [5.41, 5.74) is -1.61. The molecule has 0 aromatic carbocycles. The van der Waals surface area contributed by atoms with Crippen molar-refractivity contribution in [3.8, 4) is 0 Å².